The average Bonchev–Trinajstić information content (AvgIpc) is 4.03. The first-order chi connectivity index (χ1) is 34.0. The summed E-state index contributed by atoms with van der Waals surface area (Å²) in [7, 11) is 0. The predicted molar refractivity (Wildman–Crippen MR) is 272 cm³/mol. The van der Waals surface area contributed by atoms with Gasteiger partial charge in [-0.25, -0.2) is 9.97 Å². The number of carbonyl (C=O) groups excluding carboxylic acids is 2. The van der Waals surface area contributed by atoms with Crippen LogP contribution in [0.5, 0.6) is 0 Å². The Morgan fingerprint density at radius 3 is 1.34 bits per heavy atom. The maximum atomic E-state index is 13.3. The van der Waals surface area contributed by atoms with Crippen LogP contribution in [0.15, 0.2) is 97.3 Å². The van der Waals surface area contributed by atoms with Crippen LogP contribution in [0.4, 0.5) is 0 Å². The first-order valence-electron chi connectivity index (χ1n) is 23.3. The molecule has 12 rings (SSSR count). The van der Waals surface area contributed by atoms with Gasteiger partial charge in [0.15, 0.2) is 12.5 Å². The van der Waals surface area contributed by atoms with Crippen LogP contribution in [0.2, 0.25) is 20.1 Å². The molecule has 2 N–H and O–H groups in total. The zero-order chi connectivity index (χ0) is 48.2. The number of para-hydroxylation sites is 2. The van der Waals surface area contributed by atoms with Crippen LogP contribution in [0, 0.1) is 0 Å². The van der Waals surface area contributed by atoms with E-state index in [2.05, 4.69) is 28.9 Å². The van der Waals surface area contributed by atoms with Crippen molar-refractivity contribution in [2.45, 2.75) is 25.5 Å². The highest BCUT2D eigenvalue weighted by Crippen LogP contribution is 2.43. The molecule has 8 aromatic rings. The minimum absolute atomic E-state index is 0.239. The van der Waals surface area contributed by atoms with Crippen LogP contribution >= 0.6 is 46.4 Å². The maximum Gasteiger partial charge on any atom is 0.275 e. The van der Waals surface area contributed by atoms with Crippen LogP contribution in [-0.4, -0.2) is 140 Å². The number of fused-ring (bicyclic) bond motifs is 10. The van der Waals surface area contributed by atoms with E-state index in [0.29, 0.717) is 108 Å². The number of morpholine rings is 2. The highest BCUT2D eigenvalue weighted by atomic mass is 35.5. The van der Waals surface area contributed by atoms with Gasteiger partial charge in [-0.3, -0.25) is 19.4 Å². The Morgan fingerprint density at radius 2 is 0.929 bits per heavy atom. The summed E-state index contributed by atoms with van der Waals surface area (Å²) in [5.74, 6) is -0.477. The Bertz CT molecular complexity index is 3110. The molecule has 0 saturated carbocycles. The summed E-state index contributed by atoms with van der Waals surface area (Å²) in [4.78, 5) is 43.1. The molecule has 0 radical (unpaired) electrons. The van der Waals surface area contributed by atoms with Gasteiger partial charge in [-0.05, 0) is 59.7 Å². The number of hydrogen-bond donors (Lipinski definition) is 2. The van der Waals surface area contributed by atoms with Gasteiger partial charge in [-0.2, -0.15) is 0 Å². The summed E-state index contributed by atoms with van der Waals surface area (Å²) >= 11 is 25.4. The monoisotopic (exact) mass is 1020 g/mol. The van der Waals surface area contributed by atoms with E-state index in [1.165, 1.54) is 9.80 Å². The van der Waals surface area contributed by atoms with Crippen LogP contribution in [0.3, 0.4) is 0 Å². The molecular formula is C52H48Cl4N8O6. The third-order valence-electron chi connectivity index (χ3n) is 13.9. The molecule has 2 fully saturated rings. The third kappa shape index (κ3) is 8.57. The van der Waals surface area contributed by atoms with E-state index in [9.17, 15) is 19.8 Å². The van der Waals surface area contributed by atoms with Gasteiger partial charge in [-0.1, -0.05) is 82.8 Å². The highest BCUT2D eigenvalue weighted by Gasteiger charge is 2.41. The summed E-state index contributed by atoms with van der Waals surface area (Å²) in [6.07, 6.45) is 1.35. The molecule has 360 valence electrons. The number of nitrogens with zero attached hydrogens (tertiary/aromatic N) is 8. The number of carbonyl (C=O) groups is 2. The van der Waals surface area contributed by atoms with Crippen molar-refractivity contribution in [1.82, 2.24) is 38.7 Å². The quantitative estimate of drug-likeness (QED) is 0.137. The molecule has 4 aliphatic rings. The number of amides is 2. The molecular weight excluding hydrogens is 974 g/mol. The van der Waals surface area contributed by atoms with Crippen molar-refractivity contribution in [3.63, 3.8) is 0 Å². The van der Waals surface area contributed by atoms with Gasteiger partial charge in [-0.15, -0.1) is 0 Å². The lowest BCUT2D eigenvalue weighted by Gasteiger charge is -2.29. The van der Waals surface area contributed by atoms with Gasteiger partial charge >= 0.3 is 0 Å². The van der Waals surface area contributed by atoms with E-state index < -0.39 is 12.5 Å². The number of rotatable bonds is 10. The van der Waals surface area contributed by atoms with Crippen molar-refractivity contribution in [2.24, 2.45) is 0 Å². The largest absolute Gasteiger partial charge is 0.379 e. The smallest absolute Gasteiger partial charge is 0.275 e. The minimum Gasteiger partial charge on any atom is -0.379 e. The van der Waals surface area contributed by atoms with Crippen molar-refractivity contribution in [2.75, 3.05) is 78.8 Å². The number of benzene rings is 4. The van der Waals surface area contributed by atoms with Crippen LogP contribution in [0.1, 0.15) is 55.7 Å². The van der Waals surface area contributed by atoms with Gasteiger partial charge in [0.25, 0.3) is 11.8 Å². The second kappa shape index (κ2) is 19.7. The lowest BCUT2D eigenvalue weighted by atomic mass is 10.1. The van der Waals surface area contributed by atoms with Crippen molar-refractivity contribution in [3.8, 4) is 0 Å². The van der Waals surface area contributed by atoms with Crippen molar-refractivity contribution < 1.29 is 29.3 Å². The zero-order valence-corrected chi connectivity index (χ0v) is 40.9. The first kappa shape index (κ1) is 47.0. The van der Waals surface area contributed by atoms with Crippen LogP contribution in [-0.2, 0) is 22.6 Å². The van der Waals surface area contributed by atoms with Gasteiger partial charge in [0, 0.05) is 129 Å². The Labute approximate surface area is 423 Å². The molecule has 8 heterocycles. The fourth-order valence-electron chi connectivity index (χ4n) is 10.4. The molecule has 2 amide bonds. The molecule has 2 atom stereocenters. The molecule has 2 saturated heterocycles. The summed E-state index contributed by atoms with van der Waals surface area (Å²) in [5.41, 5.74) is 7.15. The van der Waals surface area contributed by atoms with Crippen LogP contribution in [0.25, 0.3) is 43.6 Å². The third-order valence-corrected chi connectivity index (χ3v) is 15.1. The standard InChI is InChI=1S/2C26H24Cl2N4O3/c2*27-17-5-6-19(28)16(13-17)15-32-20-4-2-1-3-18(20)22-21(32)14-29-24-23(22)25(33)31(26(24)34)8-7-30-9-11-35-12-10-30/h2*1-6,13-14,25,33H,7-12,15H2. The fraction of sp³-hybridized carbons (Fsp3) is 0.308. The SMILES string of the molecule is O=C1c2ncc3c(c2C(O)N1CCN1CCOCC1)c1ccccc1n3Cc1cc(Cl)ccc1Cl.O=C1c2ncc3c(c2C(O)N1CCN1CCOCC1)c1ccccc1n3Cc1cc(Cl)ccc1Cl. The number of aliphatic hydroxyl groups is 2. The predicted octanol–water partition coefficient (Wildman–Crippen LogP) is 8.65. The number of hydrogen-bond acceptors (Lipinski definition) is 10. The average molecular weight is 1020 g/mol. The zero-order valence-electron chi connectivity index (χ0n) is 37.9. The molecule has 70 heavy (non-hydrogen) atoms. The van der Waals surface area contributed by atoms with E-state index in [1.807, 2.05) is 60.7 Å². The van der Waals surface area contributed by atoms with Crippen LogP contribution < -0.4 is 0 Å². The van der Waals surface area contributed by atoms with E-state index in [4.69, 9.17) is 55.9 Å². The normalized spacial score (nSPS) is 18.7. The molecule has 4 aromatic heterocycles. The van der Waals surface area contributed by atoms with Gasteiger partial charge < -0.3 is 38.6 Å². The first-order valence-corrected chi connectivity index (χ1v) is 24.8. The van der Waals surface area contributed by atoms with Gasteiger partial charge in [0.2, 0.25) is 0 Å². The van der Waals surface area contributed by atoms with Gasteiger partial charge in [0.1, 0.15) is 11.4 Å². The Hall–Kier alpha value is -5.36. The topological polar surface area (TPSA) is 142 Å². The van der Waals surface area contributed by atoms with E-state index in [0.717, 1.165) is 80.9 Å². The van der Waals surface area contributed by atoms with E-state index in [-0.39, 0.29) is 11.8 Å². The molecule has 4 aliphatic heterocycles. The molecule has 14 nitrogen and oxygen atoms in total. The molecule has 0 aliphatic carbocycles. The molecule has 0 spiro atoms. The summed E-state index contributed by atoms with van der Waals surface area (Å²) in [6, 6.07) is 26.8. The summed E-state index contributed by atoms with van der Waals surface area (Å²) < 4.78 is 15.1. The van der Waals surface area contributed by atoms with Crippen molar-refractivity contribution in [3.05, 3.63) is 151 Å². The second-order valence-electron chi connectivity index (χ2n) is 17.9. The van der Waals surface area contributed by atoms with Gasteiger partial charge in [0.05, 0.1) is 49.9 Å². The Kier molecular flexibility index (Phi) is 13.2. The number of halogens is 4. The Morgan fingerprint density at radius 1 is 0.529 bits per heavy atom. The van der Waals surface area contributed by atoms with Crippen molar-refractivity contribution >= 4 is 102 Å². The molecule has 0 bridgehead atoms. The fourth-order valence-corrected chi connectivity index (χ4v) is 11.1. The minimum atomic E-state index is -1.05. The molecule has 2 unspecified atom stereocenters. The maximum absolute atomic E-state index is 13.3. The van der Waals surface area contributed by atoms with Crippen molar-refractivity contribution in [1.29, 1.82) is 0 Å². The summed E-state index contributed by atoms with van der Waals surface area (Å²) in [6.45, 7) is 9.23. The number of aliphatic hydroxyl groups excluding tert-OH is 2. The number of aromatic nitrogens is 4. The second-order valence-corrected chi connectivity index (χ2v) is 19.6. The number of ether oxygens (including phenoxy) is 2. The lowest BCUT2D eigenvalue weighted by Crippen LogP contribution is -2.42. The highest BCUT2D eigenvalue weighted by molar-refractivity contribution is 6.34. The molecule has 18 heteroatoms. The lowest BCUT2D eigenvalue weighted by molar-refractivity contribution is 0.00128. The Balaban J connectivity index is 0.000000152. The number of pyridine rings is 2. The van der Waals surface area contributed by atoms with E-state index in [1.54, 1.807) is 36.7 Å². The van der Waals surface area contributed by atoms with E-state index >= 15 is 0 Å². The molecule has 4 aromatic carbocycles. The summed E-state index contributed by atoms with van der Waals surface area (Å²) in [5, 5.41) is 28.8.